The first kappa shape index (κ1) is 15.2. The predicted molar refractivity (Wildman–Crippen MR) is 190 cm³/mol. The quantitative estimate of drug-likeness (QED) is 0.187. The molecule has 0 spiro atoms. The summed E-state index contributed by atoms with van der Waals surface area (Å²) in [5, 5.41) is 2.51. The highest BCUT2D eigenvalue weighted by Gasteiger charge is 2.23. The molecule has 0 unspecified atom stereocenters. The molecule has 45 heavy (non-hydrogen) atoms. The van der Waals surface area contributed by atoms with Gasteiger partial charge in [0.05, 0.1) is 19.2 Å². The van der Waals surface area contributed by atoms with Crippen LogP contribution >= 0.6 is 0 Å². The summed E-state index contributed by atoms with van der Waals surface area (Å²) in [6.07, 6.45) is 0. The zero-order valence-electron chi connectivity index (χ0n) is 37.5. The molecule has 1 nitrogen and oxygen atoms in total. The van der Waals surface area contributed by atoms with Crippen molar-refractivity contribution in [2.24, 2.45) is 0 Å². The van der Waals surface area contributed by atoms with Crippen LogP contribution in [0.25, 0.3) is 88.0 Å². The number of fused-ring (bicyclic) bond motifs is 5. The highest BCUT2D eigenvalue weighted by Crippen LogP contribution is 2.50. The summed E-state index contributed by atoms with van der Waals surface area (Å²) in [6, 6.07) is 16.5. The van der Waals surface area contributed by atoms with Crippen molar-refractivity contribution in [1.29, 1.82) is 0 Å². The standard InChI is InChI=1S/C44H28O/c1-3-15-29(16-4-1)31-24-13-25-32(30-17-5-2-6-18-30)43(31)44-35-21-9-7-19-33(35)41(34-20-8-10-22-36(34)44)38-26-14-28-40-42(38)37-23-11-12-27-39(37)45-40/h1-28H/i1D,2D,3D,4D,5D,6D,7D,9D,15D,16D,17D,18D,19D,21D. The van der Waals surface area contributed by atoms with E-state index in [2.05, 4.69) is 0 Å². The zero-order valence-corrected chi connectivity index (χ0v) is 23.5. The van der Waals surface area contributed by atoms with Crippen LogP contribution in [0.4, 0.5) is 0 Å². The molecule has 0 fully saturated rings. The number of para-hydroxylation sites is 1. The van der Waals surface area contributed by atoms with Crippen LogP contribution in [0.15, 0.2) is 174 Å². The number of furan rings is 1. The second kappa shape index (κ2) is 10.4. The van der Waals surface area contributed by atoms with Gasteiger partial charge in [-0.05, 0) is 78.2 Å². The maximum absolute atomic E-state index is 9.60. The summed E-state index contributed by atoms with van der Waals surface area (Å²) in [5.74, 6) is 0. The normalized spacial score (nSPS) is 15.9. The fraction of sp³-hybridized carbons (Fsp3) is 0. The van der Waals surface area contributed by atoms with Gasteiger partial charge in [-0.15, -0.1) is 0 Å². The van der Waals surface area contributed by atoms with E-state index in [1.165, 1.54) is 18.2 Å². The van der Waals surface area contributed by atoms with Gasteiger partial charge in [-0.3, -0.25) is 0 Å². The number of benzene rings is 8. The summed E-state index contributed by atoms with van der Waals surface area (Å²) < 4.78 is 131. The van der Waals surface area contributed by atoms with Crippen LogP contribution in [-0.4, -0.2) is 0 Å². The lowest BCUT2D eigenvalue weighted by atomic mass is 9.80. The Morgan fingerprint density at radius 1 is 0.356 bits per heavy atom. The zero-order chi connectivity index (χ0) is 41.9. The van der Waals surface area contributed by atoms with Crippen LogP contribution in [0.5, 0.6) is 0 Å². The van der Waals surface area contributed by atoms with Crippen LogP contribution in [0, 0.1) is 0 Å². The third-order valence-electron chi connectivity index (χ3n) is 8.18. The second-order valence-electron chi connectivity index (χ2n) is 10.6. The SMILES string of the molecule is [2H]c1c([2H])c([2H])c(-c2cccc(-c3c([2H])c([2H])c([2H])c([2H])c3[2H])c2-c2c3ccccc3c(-c3cccc4oc5ccccc5c34)c3c([2H])c([2H])c([2H])c([2H])c23)c([2H])c1[2H]. The van der Waals surface area contributed by atoms with E-state index in [-0.39, 0.29) is 50.2 Å². The van der Waals surface area contributed by atoms with Crippen molar-refractivity contribution in [2.75, 3.05) is 0 Å². The van der Waals surface area contributed by atoms with Crippen molar-refractivity contribution >= 4 is 43.5 Å². The Morgan fingerprint density at radius 3 is 1.51 bits per heavy atom. The molecule has 0 aliphatic heterocycles. The van der Waals surface area contributed by atoms with E-state index in [1.807, 2.05) is 36.4 Å². The van der Waals surface area contributed by atoms with Gasteiger partial charge in [-0.1, -0.05) is 157 Å². The molecule has 9 rings (SSSR count). The van der Waals surface area contributed by atoms with Crippen molar-refractivity contribution in [2.45, 2.75) is 0 Å². The fourth-order valence-electron chi connectivity index (χ4n) is 6.41. The maximum atomic E-state index is 9.60. The first-order valence-corrected chi connectivity index (χ1v) is 14.3. The second-order valence-corrected chi connectivity index (χ2v) is 10.6. The van der Waals surface area contributed by atoms with Crippen molar-refractivity contribution in [3.8, 4) is 44.5 Å². The minimum atomic E-state index is -0.637. The minimum Gasteiger partial charge on any atom is -0.456 e. The summed E-state index contributed by atoms with van der Waals surface area (Å²) in [5.41, 5.74) is 1.91. The van der Waals surface area contributed by atoms with Crippen molar-refractivity contribution in [3.63, 3.8) is 0 Å². The van der Waals surface area contributed by atoms with Gasteiger partial charge in [0.25, 0.3) is 0 Å². The molecule has 0 atom stereocenters. The first-order valence-electron chi connectivity index (χ1n) is 21.3. The molecule has 8 aromatic carbocycles. The van der Waals surface area contributed by atoms with E-state index in [9.17, 15) is 2.74 Å². The summed E-state index contributed by atoms with van der Waals surface area (Å²) in [6.45, 7) is 0. The summed E-state index contributed by atoms with van der Waals surface area (Å²) in [7, 11) is 0. The fourth-order valence-corrected chi connectivity index (χ4v) is 6.41. The van der Waals surface area contributed by atoms with Crippen molar-refractivity contribution in [3.05, 3.63) is 170 Å². The lowest BCUT2D eigenvalue weighted by molar-refractivity contribution is 0.669. The molecule has 0 aliphatic carbocycles. The van der Waals surface area contributed by atoms with Gasteiger partial charge < -0.3 is 4.42 Å². The van der Waals surface area contributed by atoms with Gasteiger partial charge in [-0.25, -0.2) is 0 Å². The Bertz CT molecular complexity index is 3190. The maximum Gasteiger partial charge on any atom is 0.136 e. The third-order valence-corrected chi connectivity index (χ3v) is 8.18. The van der Waals surface area contributed by atoms with E-state index in [4.69, 9.17) is 20.9 Å². The molecule has 0 saturated heterocycles. The van der Waals surface area contributed by atoms with E-state index in [0.717, 1.165) is 5.39 Å². The van der Waals surface area contributed by atoms with Crippen LogP contribution in [0.1, 0.15) is 19.2 Å². The monoisotopic (exact) mass is 586 g/mol. The van der Waals surface area contributed by atoms with E-state index < -0.39 is 78.6 Å². The average Bonchev–Trinajstić information content (AvgIpc) is 3.63. The molecule has 9 aromatic rings. The van der Waals surface area contributed by atoms with Crippen LogP contribution in [-0.2, 0) is 0 Å². The highest BCUT2D eigenvalue weighted by atomic mass is 16.3. The van der Waals surface area contributed by atoms with Crippen LogP contribution in [0.3, 0.4) is 0 Å². The first-order chi connectivity index (χ1) is 28.2. The van der Waals surface area contributed by atoms with Crippen LogP contribution < -0.4 is 0 Å². The Kier molecular flexibility index (Phi) is 3.50. The molecule has 1 aromatic heterocycles. The van der Waals surface area contributed by atoms with Crippen LogP contribution in [0.2, 0.25) is 0 Å². The lowest BCUT2D eigenvalue weighted by Gasteiger charge is -2.22. The number of hydrogen-bond acceptors (Lipinski definition) is 1. The van der Waals surface area contributed by atoms with Crippen molar-refractivity contribution in [1.82, 2.24) is 0 Å². The third kappa shape index (κ3) is 4.02. The molecular weight excluding hydrogens is 544 g/mol. The average molecular weight is 587 g/mol. The lowest BCUT2D eigenvalue weighted by Crippen LogP contribution is -1.95. The Hall–Kier alpha value is -5.92. The molecule has 0 aliphatic rings. The molecule has 1 heteroatoms. The van der Waals surface area contributed by atoms with Gasteiger partial charge in [0, 0.05) is 10.8 Å². The molecule has 0 amide bonds. The van der Waals surface area contributed by atoms with E-state index in [0.29, 0.717) is 38.5 Å². The molecule has 210 valence electrons. The topological polar surface area (TPSA) is 13.1 Å². The Balaban J connectivity index is 1.59. The number of rotatable bonds is 4. The van der Waals surface area contributed by atoms with Gasteiger partial charge in [0.15, 0.2) is 0 Å². The van der Waals surface area contributed by atoms with E-state index >= 15 is 0 Å². The smallest absolute Gasteiger partial charge is 0.136 e. The van der Waals surface area contributed by atoms with Gasteiger partial charge in [0.2, 0.25) is 0 Å². The molecule has 1 heterocycles. The Labute approximate surface area is 281 Å². The molecule has 0 saturated carbocycles. The van der Waals surface area contributed by atoms with Crippen molar-refractivity contribution < 1.29 is 23.6 Å². The predicted octanol–water partition coefficient (Wildman–Crippen LogP) is 12.6. The van der Waals surface area contributed by atoms with E-state index in [1.54, 1.807) is 30.3 Å². The molecule has 0 bridgehead atoms. The largest absolute Gasteiger partial charge is 0.456 e. The van der Waals surface area contributed by atoms with Gasteiger partial charge in [0.1, 0.15) is 11.2 Å². The molecule has 0 N–H and O–H groups in total. The summed E-state index contributed by atoms with van der Waals surface area (Å²) in [4.78, 5) is 0. The summed E-state index contributed by atoms with van der Waals surface area (Å²) >= 11 is 0. The highest BCUT2D eigenvalue weighted by molar-refractivity contribution is 6.27. The molecular formula is C44H28O. The van der Waals surface area contributed by atoms with Gasteiger partial charge >= 0.3 is 0 Å². The minimum absolute atomic E-state index is 0.00272. The molecule has 0 radical (unpaired) electrons. The number of hydrogen-bond donors (Lipinski definition) is 0. The Morgan fingerprint density at radius 2 is 0.844 bits per heavy atom. The van der Waals surface area contributed by atoms with Gasteiger partial charge in [-0.2, -0.15) is 0 Å².